The average molecular weight is 1030 g/mol. The van der Waals surface area contributed by atoms with Crippen LogP contribution < -0.4 is 24.9 Å². The third kappa shape index (κ3) is 10.2. The van der Waals surface area contributed by atoms with Crippen molar-refractivity contribution < 1.29 is 49.4 Å². The number of halogens is 6. The van der Waals surface area contributed by atoms with E-state index in [2.05, 4.69) is 28.6 Å². The molecule has 15 heteroatoms. The zero-order chi connectivity index (χ0) is 54.3. The smallest absolute Gasteiger partial charge is 0.411 e. The summed E-state index contributed by atoms with van der Waals surface area (Å²) in [6.45, 7) is 22.2. The van der Waals surface area contributed by atoms with Crippen LogP contribution in [0.5, 0.6) is 11.5 Å². The summed E-state index contributed by atoms with van der Waals surface area (Å²) in [5.74, 6) is -0.928. The Bertz CT molecular complexity index is 3570. The second-order valence-corrected chi connectivity index (χ2v) is 18.9. The molecule has 388 valence electrons. The number of ether oxygens (including phenoxy) is 2. The van der Waals surface area contributed by atoms with Crippen molar-refractivity contribution in [2.45, 2.75) is 86.0 Å². The van der Waals surface area contributed by atoms with E-state index in [1.54, 1.807) is 51.1 Å². The first-order valence-corrected chi connectivity index (χ1v) is 24.3. The minimum atomic E-state index is -5.94. The van der Waals surface area contributed by atoms with E-state index in [9.17, 15) is 9.59 Å². The molecule has 0 saturated heterocycles. The molecule has 2 heterocycles. The van der Waals surface area contributed by atoms with Crippen molar-refractivity contribution in [3.63, 3.8) is 0 Å². The van der Waals surface area contributed by atoms with E-state index in [4.69, 9.17) is 18.3 Å². The van der Waals surface area contributed by atoms with E-state index >= 15 is 26.3 Å². The first-order chi connectivity index (χ1) is 35.5. The Morgan fingerprint density at radius 2 is 1.28 bits per heavy atom. The monoisotopic (exact) mass is 1030 g/mol. The molecule has 0 saturated carbocycles. The van der Waals surface area contributed by atoms with E-state index in [0.29, 0.717) is 35.7 Å². The summed E-state index contributed by atoms with van der Waals surface area (Å²) in [4.78, 5) is 33.7. The lowest BCUT2D eigenvalue weighted by molar-refractivity contribution is -0.288. The number of benzene rings is 6. The maximum atomic E-state index is 15.7. The van der Waals surface area contributed by atoms with Crippen LogP contribution in [0.25, 0.3) is 39.5 Å². The number of nitrogens with zero attached hydrogens (tertiary/aromatic N) is 3. The Morgan fingerprint density at radius 3 is 1.85 bits per heavy atom. The van der Waals surface area contributed by atoms with Crippen LogP contribution in [0.3, 0.4) is 0 Å². The van der Waals surface area contributed by atoms with Gasteiger partial charge in [0, 0.05) is 64.5 Å². The fourth-order valence-electron chi connectivity index (χ4n) is 9.75. The molecule has 8 aromatic rings. The van der Waals surface area contributed by atoms with Crippen LogP contribution in [0.15, 0.2) is 135 Å². The van der Waals surface area contributed by atoms with Crippen LogP contribution in [0.2, 0.25) is 0 Å². The van der Waals surface area contributed by atoms with Gasteiger partial charge in [-0.15, -0.1) is 0 Å². The second kappa shape index (κ2) is 20.7. The highest BCUT2D eigenvalue weighted by Crippen LogP contribution is 2.57. The van der Waals surface area contributed by atoms with Crippen molar-refractivity contribution in [1.82, 2.24) is 4.98 Å². The first kappa shape index (κ1) is 53.2. The van der Waals surface area contributed by atoms with Gasteiger partial charge >= 0.3 is 18.0 Å². The Morgan fingerprint density at radius 1 is 0.693 bits per heavy atom. The summed E-state index contributed by atoms with van der Waals surface area (Å²) < 4.78 is 117. The largest absolute Gasteiger partial charge is 0.457 e. The highest BCUT2D eigenvalue weighted by molar-refractivity contribution is 5.86. The number of carbonyl (C=O) groups is 1. The number of allylic oxidation sites excluding steroid dienone is 1. The summed E-state index contributed by atoms with van der Waals surface area (Å²) in [6.07, 6.45) is -10.3. The van der Waals surface area contributed by atoms with Gasteiger partial charge in [0.15, 0.2) is 5.58 Å². The summed E-state index contributed by atoms with van der Waals surface area (Å²) in [5, 5.41) is 0.521. The molecule has 6 aromatic carbocycles. The fraction of sp³-hybridized carbons (Fsp3) is 0.250. The standard InChI is InChI=1S/C60H55F6N3O6/c1-11-68(50-21-13-35(5)25-37(50)7)45-19-15-41(54(31-45)72-33-70)27-39(9)56-67-49-30-44(18-24-53(49)74-56)58(59(61,62)63,60(64,65)66)43-17-23-52(47(29-43)34(3)4)73-40(10)48-28-42-16-20-46(32-55(42)75-57(48)71)69(12-2)51-22-14-36(6)26-38(51)8/h13-34H,10-12H2,1-9H3/b39-27+. The molecular formula is C60H55F6N3O6. The summed E-state index contributed by atoms with van der Waals surface area (Å²) in [5.41, 5.74) is 0.694. The second-order valence-electron chi connectivity index (χ2n) is 18.9. The van der Waals surface area contributed by atoms with Crippen LogP contribution in [-0.4, -0.2) is 36.9 Å². The normalized spacial score (nSPS) is 12.4. The molecule has 0 atom stereocenters. The Kier molecular flexibility index (Phi) is 14.7. The first-order valence-electron chi connectivity index (χ1n) is 24.3. The van der Waals surface area contributed by atoms with Crippen molar-refractivity contribution in [3.8, 4) is 11.5 Å². The van der Waals surface area contributed by atoms with Gasteiger partial charge < -0.3 is 28.1 Å². The molecule has 8 rings (SSSR count). The molecule has 0 aliphatic heterocycles. The van der Waals surface area contributed by atoms with E-state index in [1.807, 2.05) is 82.8 Å². The van der Waals surface area contributed by atoms with Crippen LogP contribution in [0.1, 0.15) is 96.5 Å². The number of anilines is 4. The predicted molar refractivity (Wildman–Crippen MR) is 283 cm³/mol. The maximum absolute atomic E-state index is 15.7. The predicted octanol–water partition coefficient (Wildman–Crippen LogP) is 16.2. The molecule has 0 unspecified atom stereocenters. The Hall–Kier alpha value is -8.07. The van der Waals surface area contributed by atoms with Crippen LogP contribution in [-0.2, 0) is 10.2 Å². The number of carbonyl (C=O) groups excluding carboxylic acids is 1. The quantitative estimate of drug-likeness (QED) is 0.0405. The maximum Gasteiger partial charge on any atom is 0.411 e. The SMILES string of the molecule is C=C(Oc1ccc(C(c2ccc3oc(/C(C)=C/c4ccc(N(CC)c5ccc(C)cc5C)cc4OC=O)nc3c2)(C(F)(F)F)C(F)(F)F)cc1C(C)C)c1cc2ccc(N(CC)c3ccc(C)cc3C)cc2oc1=O. The zero-order valence-corrected chi connectivity index (χ0v) is 42.9. The van der Waals surface area contributed by atoms with Gasteiger partial charge in [0.25, 0.3) is 6.47 Å². The van der Waals surface area contributed by atoms with Crippen molar-refractivity contribution in [2.75, 3.05) is 22.9 Å². The summed E-state index contributed by atoms with van der Waals surface area (Å²) >= 11 is 0. The number of alkyl halides is 6. The lowest BCUT2D eigenvalue weighted by atomic mass is 9.72. The van der Waals surface area contributed by atoms with Crippen molar-refractivity contribution in [3.05, 3.63) is 188 Å². The molecule has 0 N–H and O–H groups in total. The van der Waals surface area contributed by atoms with Gasteiger partial charge in [-0.05, 0) is 149 Å². The molecule has 75 heavy (non-hydrogen) atoms. The third-order valence-corrected chi connectivity index (χ3v) is 13.4. The number of hydrogen-bond donors (Lipinski definition) is 0. The van der Waals surface area contributed by atoms with E-state index in [1.165, 1.54) is 6.07 Å². The highest BCUT2D eigenvalue weighted by atomic mass is 19.4. The Balaban J connectivity index is 1.12. The molecule has 2 aromatic heterocycles. The van der Waals surface area contributed by atoms with Gasteiger partial charge in [-0.2, -0.15) is 26.3 Å². The molecule has 0 aliphatic rings. The van der Waals surface area contributed by atoms with Crippen LogP contribution in [0.4, 0.5) is 49.1 Å². The third-order valence-electron chi connectivity index (χ3n) is 13.4. The van der Waals surface area contributed by atoms with E-state index in [0.717, 1.165) is 75.3 Å². The number of oxazole rings is 1. The van der Waals surface area contributed by atoms with E-state index in [-0.39, 0.29) is 57.4 Å². The zero-order valence-electron chi connectivity index (χ0n) is 42.9. The molecular weight excluding hydrogens is 973 g/mol. The Labute approximate surface area is 430 Å². The lowest BCUT2D eigenvalue weighted by Gasteiger charge is -2.38. The molecule has 0 aliphatic carbocycles. The van der Waals surface area contributed by atoms with Gasteiger partial charge in [-0.3, -0.25) is 4.79 Å². The van der Waals surface area contributed by atoms with Gasteiger partial charge in [-0.1, -0.05) is 74.0 Å². The van der Waals surface area contributed by atoms with Crippen LogP contribution in [0, 0.1) is 27.7 Å². The minimum absolute atomic E-state index is 0.0170. The molecule has 0 radical (unpaired) electrons. The molecule has 9 nitrogen and oxygen atoms in total. The molecule has 0 amide bonds. The minimum Gasteiger partial charge on any atom is -0.457 e. The van der Waals surface area contributed by atoms with Gasteiger partial charge in [-0.25, -0.2) is 9.78 Å². The van der Waals surface area contributed by atoms with Crippen molar-refractivity contribution in [1.29, 1.82) is 0 Å². The van der Waals surface area contributed by atoms with E-state index < -0.39 is 40.4 Å². The number of hydrogen-bond acceptors (Lipinski definition) is 9. The van der Waals surface area contributed by atoms with Gasteiger partial charge in [0.05, 0.1) is 0 Å². The van der Waals surface area contributed by atoms with Crippen LogP contribution >= 0.6 is 0 Å². The lowest BCUT2D eigenvalue weighted by Crippen LogP contribution is -2.54. The number of fused-ring (bicyclic) bond motifs is 2. The molecule has 0 spiro atoms. The average Bonchev–Trinajstić information content (AvgIpc) is 3.78. The fourth-order valence-corrected chi connectivity index (χ4v) is 9.75. The summed E-state index contributed by atoms with van der Waals surface area (Å²) in [6, 6.07) is 29.3. The van der Waals surface area contributed by atoms with Crippen molar-refractivity contribution >= 4 is 68.7 Å². The number of rotatable bonds is 16. The topological polar surface area (TPSA) is 98.2 Å². The number of aromatic nitrogens is 1. The highest BCUT2D eigenvalue weighted by Gasteiger charge is 2.72. The molecule has 0 bridgehead atoms. The summed E-state index contributed by atoms with van der Waals surface area (Å²) in [7, 11) is 0. The van der Waals surface area contributed by atoms with Gasteiger partial charge in [0.2, 0.25) is 11.3 Å². The van der Waals surface area contributed by atoms with Crippen molar-refractivity contribution in [2.24, 2.45) is 0 Å². The molecule has 0 fully saturated rings. The van der Waals surface area contributed by atoms with Gasteiger partial charge in [0.1, 0.15) is 33.9 Å². The number of aryl methyl sites for hydroxylation is 4.